The van der Waals surface area contributed by atoms with Gasteiger partial charge in [0, 0.05) is 17.8 Å². The van der Waals surface area contributed by atoms with Gasteiger partial charge in [-0.05, 0) is 55.7 Å². The number of carbonyl (C=O) groups excluding carboxylic acids is 2. The van der Waals surface area contributed by atoms with Crippen molar-refractivity contribution in [2.75, 3.05) is 11.4 Å². The Bertz CT molecular complexity index is 740. The van der Waals surface area contributed by atoms with E-state index in [0.29, 0.717) is 18.5 Å². The predicted molar refractivity (Wildman–Crippen MR) is 90.6 cm³/mol. The standard InChI is InChI=1S/C19H20N2O2/c1-13-8-9-15(12-14(13)2)18(22)20-17-10-11-21(19(17)23)16-6-4-3-5-7-16/h3-9,12,17H,10-11H2,1-2H3,(H,20,22)/t17-/m0/s1. The smallest absolute Gasteiger partial charge is 0.251 e. The second-order valence-electron chi connectivity index (χ2n) is 5.94. The molecule has 1 aliphatic rings. The highest BCUT2D eigenvalue weighted by Crippen LogP contribution is 2.21. The van der Waals surface area contributed by atoms with Gasteiger partial charge in [-0.25, -0.2) is 0 Å². The lowest BCUT2D eigenvalue weighted by molar-refractivity contribution is -0.118. The average molecular weight is 308 g/mol. The molecule has 2 amide bonds. The highest BCUT2D eigenvalue weighted by Gasteiger charge is 2.33. The van der Waals surface area contributed by atoms with E-state index in [-0.39, 0.29) is 11.8 Å². The first-order valence-corrected chi connectivity index (χ1v) is 7.81. The molecule has 3 rings (SSSR count). The second kappa shape index (κ2) is 6.24. The van der Waals surface area contributed by atoms with Crippen molar-refractivity contribution >= 4 is 17.5 Å². The zero-order valence-corrected chi connectivity index (χ0v) is 13.4. The Labute approximate surface area is 136 Å². The summed E-state index contributed by atoms with van der Waals surface area (Å²) < 4.78 is 0. The third-order valence-corrected chi connectivity index (χ3v) is 4.35. The maximum Gasteiger partial charge on any atom is 0.251 e. The number of amides is 2. The molecular weight excluding hydrogens is 288 g/mol. The van der Waals surface area contributed by atoms with Crippen LogP contribution in [0, 0.1) is 13.8 Å². The molecule has 0 radical (unpaired) electrons. The topological polar surface area (TPSA) is 49.4 Å². The van der Waals surface area contributed by atoms with Gasteiger partial charge in [0.15, 0.2) is 0 Å². The minimum absolute atomic E-state index is 0.0478. The average Bonchev–Trinajstić information content (AvgIpc) is 2.92. The number of nitrogens with one attached hydrogen (secondary N) is 1. The molecule has 0 aliphatic carbocycles. The highest BCUT2D eigenvalue weighted by atomic mass is 16.2. The number of anilines is 1. The van der Waals surface area contributed by atoms with Crippen LogP contribution in [0.25, 0.3) is 0 Å². The lowest BCUT2D eigenvalue weighted by atomic mass is 10.1. The summed E-state index contributed by atoms with van der Waals surface area (Å²) in [5.41, 5.74) is 3.69. The molecule has 2 aromatic carbocycles. The number of nitrogens with zero attached hydrogens (tertiary/aromatic N) is 1. The molecule has 118 valence electrons. The molecule has 0 spiro atoms. The zero-order chi connectivity index (χ0) is 16.4. The molecule has 1 aliphatic heterocycles. The summed E-state index contributed by atoms with van der Waals surface area (Å²) >= 11 is 0. The molecule has 1 atom stereocenters. The maximum absolute atomic E-state index is 12.5. The third-order valence-electron chi connectivity index (χ3n) is 4.35. The lowest BCUT2D eigenvalue weighted by Gasteiger charge is -2.17. The van der Waals surface area contributed by atoms with E-state index in [9.17, 15) is 9.59 Å². The lowest BCUT2D eigenvalue weighted by Crippen LogP contribution is -2.41. The van der Waals surface area contributed by atoms with Gasteiger partial charge in [-0.2, -0.15) is 0 Å². The normalized spacial score (nSPS) is 17.4. The van der Waals surface area contributed by atoms with Crippen molar-refractivity contribution in [1.82, 2.24) is 5.32 Å². The van der Waals surface area contributed by atoms with E-state index in [1.807, 2.05) is 56.3 Å². The van der Waals surface area contributed by atoms with Gasteiger partial charge in [0.05, 0.1) is 0 Å². The fraction of sp³-hybridized carbons (Fsp3) is 0.263. The minimum Gasteiger partial charge on any atom is -0.340 e. The Balaban J connectivity index is 1.70. The van der Waals surface area contributed by atoms with E-state index in [2.05, 4.69) is 5.32 Å². The summed E-state index contributed by atoms with van der Waals surface area (Å²) in [4.78, 5) is 26.6. The van der Waals surface area contributed by atoms with E-state index in [1.54, 1.807) is 11.0 Å². The van der Waals surface area contributed by atoms with Crippen molar-refractivity contribution in [2.24, 2.45) is 0 Å². The van der Waals surface area contributed by atoms with Gasteiger partial charge in [-0.15, -0.1) is 0 Å². The molecular formula is C19H20N2O2. The quantitative estimate of drug-likeness (QED) is 0.948. The van der Waals surface area contributed by atoms with Gasteiger partial charge >= 0.3 is 0 Å². The van der Waals surface area contributed by atoms with Crippen LogP contribution in [0.1, 0.15) is 27.9 Å². The Morgan fingerprint density at radius 1 is 1.09 bits per heavy atom. The van der Waals surface area contributed by atoms with Crippen LogP contribution in [0.15, 0.2) is 48.5 Å². The number of rotatable bonds is 3. The monoisotopic (exact) mass is 308 g/mol. The van der Waals surface area contributed by atoms with Crippen LogP contribution in [0.4, 0.5) is 5.69 Å². The summed E-state index contributed by atoms with van der Waals surface area (Å²) in [6.45, 7) is 4.61. The molecule has 23 heavy (non-hydrogen) atoms. The number of carbonyl (C=O) groups is 2. The molecule has 1 fully saturated rings. The van der Waals surface area contributed by atoms with Crippen LogP contribution >= 0.6 is 0 Å². The van der Waals surface area contributed by atoms with Crippen LogP contribution in [0.3, 0.4) is 0 Å². The molecule has 0 bridgehead atoms. The highest BCUT2D eigenvalue weighted by molar-refractivity contribution is 6.03. The van der Waals surface area contributed by atoms with E-state index in [1.165, 1.54) is 0 Å². The fourth-order valence-electron chi connectivity index (χ4n) is 2.80. The van der Waals surface area contributed by atoms with Crippen LogP contribution < -0.4 is 10.2 Å². The number of para-hydroxylation sites is 1. The fourth-order valence-corrected chi connectivity index (χ4v) is 2.80. The van der Waals surface area contributed by atoms with E-state index < -0.39 is 6.04 Å². The summed E-state index contributed by atoms with van der Waals surface area (Å²) in [5, 5.41) is 2.86. The summed E-state index contributed by atoms with van der Waals surface area (Å²) in [5.74, 6) is -0.241. The maximum atomic E-state index is 12.5. The van der Waals surface area contributed by atoms with Crippen molar-refractivity contribution in [3.63, 3.8) is 0 Å². The molecule has 4 nitrogen and oxygen atoms in total. The SMILES string of the molecule is Cc1ccc(C(=O)N[C@H]2CCN(c3ccccc3)C2=O)cc1C. The molecule has 1 saturated heterocycles. The van der Waals surface area contributed by atoms with Crippen molar-refractivity contribution in [1.29, 1.82) is 0 Å². The summed E-state index contributed by atoms with van der Waals surface area (Å²) in [6, 6.07) is 14.7. The Morgan fingerprint density at radius 2 is 1.83 bits per heavy atom. The third kappa shape index (κ3) is 3.11. The van der Waals surface area contributed by atoms with E-state index in [0.717, 1.165) is 16.8 Å². The second-order valence-corrected chi connectivity index (χ2v) is 5.94. The number of aryl methyl sites for hydroxylation is 2. The minimum atomic E-state index is -0.454. The molecule has 1 N–H and O–H groups in total. The van der Waals surface area contributed by atoms with Crippen LogP contribution in [0.5, 0.6) is 0 Å². The number of benzene rings is 2. The van der Waals surface area contributed by atoms with Gasteiger partial charge < -0.3 is 10.2 Å². The Kier molecular flexibility index (Phi) is 4.15. The van der Waals surface area contributed by atoms with Gasteiger partial charge in [-0.1, -0.05) is 24.3 Å². The molecule has 4 heteroatoms. The van der Waals surface area contributed by atoms with Crippen LogP contribution in [-0.4, -0.2) is 24.4 Å². The largest absolute Gasteiger partial charge is 0.340 e. The predicted octanol–water partition coefficient (Wildman–Crippen LogP) is 2.84. The molecule has 0 aromatic heterocycles. The molecule has 0 saturated carbocycles. The molecule has 1 heterocycles. The first-order chi connectivity index (χ1) is 11.1. The van der Waals surface area contributed by atoms with E-state index in [4.69, 9.17) is 0 Å². The number of hydrogen-bond donors (Lipinski definition) is 1. The number of hydrogen-bond acceptors (Lipinski definition) is 2. The van der Waals surface area contributed by atoms with Gasteiger partial charge in [0.25, 0.3) is 5.91 Å². The van der Waals surface area contributed by atoms with E-state index >= 15 is 0 Å². The Hall–Kier alpha value is -2.62. The molecule has 0 unspecified atom stereocenters. The van der Waals surface area contributed by atoms with Gasteiger partial charge in [0.2, 0.25) is 5.91 Å². The Morgan fingerprint density at radius 3 is 2.52 bits per heavy atom. The van der Waals surface area contributed by atoms with Crippen molar-refractivity contribution in [3.05, 3.63) is 65.2 Å². The van der Waals surface area contributed by atoms with Crippen molar-refractivity contribution < 1.29 is 9.59 Å². The first kappa shape index (κ1) is 15.3. The van der Waals surface area contributed by atoms with Gasteiger partial charge in [0.1, 0.15) is 6.04 Å². The van der Waals surface area contributed by atoms with Gasteiger partial charge in [-0.3, -0.25) is 9.59 Å². The van der Waals surface area contributed by atoms with Crippen LogP contribution in [-0.2, 0) is 4.79 Å². The molecule has 2 aromatic rings. The summed E-state index contributed by atoms with van der Waals surface area (Å²) in [6.07, 6.45) is 0.629. The summed E-state index contributed by atoms with van der Waals surface area (Å²) in [7, 11) is 0. The zero-order valence-electron chi connectivity index (χ0n) is 13.4. The van der Waals surface area contributed by atoms with Crippen molar-refractivity contribution in [2.45, 2.75) is 26.3 Å². The van der Waals surface area contributed by atoms with Crippen molar-refractivity contribution in [3.8, 4) is 0 Å². The first-order valence-electron chi connectivity index (χ1n) is 7.81. The van der Waals surface area contributed by atoms with Crippen LogP contribution in [0.2, 0.25) is 0 Å².